The zero-order chi connectivity index (χ0) is 23.5. The molecule has 0 atom stereocenters. The van der Waals surface area contributed by atoms with Crippen LogP contribution in [0, 0.1) is 12.7 Å². The molecule has 0 saturated heterocycles. The van der Waals surface area contributed by atoms with Crippen LogP contribution in [0.3, 0.4) is 0 Å². The van der Waals surface area contributed by atoms with Gasteiger partial charge >= 0.3 is 0 Å². The number of pyridine rings is 1. The van der Waals surface area contributed by atoms with Gasteiger partial charge in [0.25, 0.3) is 5.91 Å². The number of carbonyl (C=O) groups excluding carboxylic acids is 2. The van der Waals surface area contributed by atoms with E-state index in [0.29, 0.717) is 33.0 Å². The predicted molar refractivity (Wildman–Crippen MR) is 128 cm³/mol. The Balaban J connectivity index is 1.45. The Kier molecular flexibility index (Phi) is 4.79. The number of halogens is 1. The molecule has 1 aliphatic rings. The van der Waals surface area contributed by atoms with E-state index in [1.807, 2.05) is 37.4 Å². The van der Waals surface area contributed by atoms with E-state index in [0.717, 1.165) is 16.8 Å². The van der Waals surface area contributed by atoms with E-state index >= 15 is 0 Å². The fourth-order valence-electron chi connectivity index (χ4n) is 4.28. The quantitative estimate of drug-likeness (QED) is 0.449. The number of nitrogens with zero attached hydrogens (tertiary/aromatic N) is 3. The molecule has 1 aliphatic heterocycles. The second kappa shape index (κ2) is 7.45. The van der Waals surface area contributed by atoms with Crippen LogP contribution in [0.5, 0.6) is 0 Å². The summed E-state index contributed by atoms with van der Waals surface area (Å²) in [5.74, 6) is -0.751. The first-order valence-electron chi connectivity index (χ1n) is 10.4. The lowest BCUT2D eigenvalue weighted by Gasteiger charge is -2.16. The summed E-state index contributed by atoms with van der Waals surface area (Å²) < 4.78 is 13.8. The Hall–Kier alpha value is -3.65. The van der Waals surface area contributed by atoms with Crippen LogP contribution in [-0.2, 0) is 10.2 Å². The summed E-state index contributed by atoms with van der Waals surface area (Å²) >= 11 is 1.30. The third-order valence-corrected chi connectivity index (χ3v) is 6.79. The topological polar surface area (TPSA) is 75.2 Å². The minimum atomic E-state index is -0.608. The molecule has 2 aromatic carbocycles. The first kappa shape index (κ1) is 21.2. The highest BCUT2D eigenvalue weighted by Gasteiger charge is 2.42. The van der Waals surface area contributed by atoms with Crippen molar-refractivity contribution >= 4 is 44.9 Å². The van der Waals surface area contributed by atoms with Crippen molar-refractivity contribution in [2.45, 2.75) is 26.2 Å². The maximum atomic E-state index is 13.8. The largest absolute Gasteiger partial charge is 0.314 e. The van der Waals surface area contributed by atoms with E-state index in [1.54, 1.807) is 31.0 Å². The number of likely N-dealkylation sites (N-methyl/N-ethyl adjacent to an activating group) is 1. The lowest BCUT2D eigenvalue weighted by atomic mass is 9.85. The smallest absolute Gasteiger partial charge is 0.258 e. The maximum absolute atomic E-state index is 13.8. The van der Waals surface area contributed by atoms with Crippen LogP contribution in [0.25, 0.3) is 22.2 Å². The van der Waals surface area contributed by atoms with Gasteiger partial charge in [0.2, 0.25) is 5.91 Å². The molecule has 8 heteroatoms. The highest BCUT2D eigenvalue weighted by atomic mass is 32.1. The number of nitrogens with one attached hydrogen (secondary N) is 1. The molecule has 0 aliphatic carbocycles. The van der Waals surface area contributed by atoms with Crippen molar-refractivity contribution in [3.8, 4) is 11.3 Å². The molecule has 33 heavy (non-hydrogen) atoms. The second-order valence-electron chi connectivity index (χ2n) is 8.69. The molecule has 0 unspecified atom stereocenters. The van der Waals surface area contributed by atoms with Crippen molar-refractivity contribution < 1.29 is 14.0 Å². The van der Waals surface area contributed by atoms with Gasteiger partial charge in [-0.15, -0.1) is 11.3 Å². The van der Waals surface area contributed by atoms with Crippen LogP contribution in [0.4, 0.5) is 15.2 Å². The Bertz CT molecular complexity index is 1460. The molecular formula is C25H21FN4O2S. The van der Waals surface area contributed by atoms with Gasteiger partial charge in [0.1, 0.15) is 5.82 Å². The van der Waals surface area contributed by atoms with E-state index in [2.05, 4.69) is 15.3 Å². The molecule has 1 N–H and O–H groups in total. The highest BCUT2D eigenvalue weighted by molar-refractivity contribution is 7.14. The summed E-state index contributed by atoms with van der Waals surface area (Å²) in [6.07, 6.45) is 0. The minimum absolute atomic E-state index is 0.0530. The first-order valence-corrected chi connectivity index (χ1v) is 11.3. The summed E-state index contributed by atoms with van der Waals surface area (Å²) in [7, 11) is 1.78. The predicted octanol–water partition coefficient (Wildman–Crippen LogP) is 5.31. The molecule has 0 saturated carbocycles. The van der Waals surface area contributed by atoms with Gasteiger partial charge in [0.15, 0.2) is 5.13 Å². The molecule has 6 nitrogen and oxygen atoms in total. The van der Waals surface area contributed by atoms with Crippen molar-refractivity contribution in [3.63, 3.8) is 0 Å². The van der Waals surface area contributed by atoms with Crippen molar-refractivity contribution in [2.75, 3.05) is 17.3 Å². The van der Waals surface area contributed by atoms with Crippen molar-refractivity contribution in [3.05, 3.63) is 70.5 Å². The number of aryl methyl sites for hydroxylation is 1. The summed E-state index contributed by atoms with van der Waals surface area (Å²) in [4.78, 5) is 36.2. The number of hydrogen-bond acceptors (Lipinski definition) is 5. The Labute approximate surface area is 194 Å². The molecule has 3 heterocycles. The van der Waals surface area contributed by atoms with Crippen LogP contribution in [0.2, 0.25) is 0 Å². The van der Waals surface area contributed by atoms with Crippen LogP contribution in [0.1, 0.15) is 35.5 Å². The fraction of sp³-hybridized carbons (Fsp3) is 0.200. The van der Waals surface area contributed by atoms with Gasteiger partial charge in [0.05, 0.1) is 22.2 Å². The fourth-order valence-corrected chi connectivity index (χ4v) is 4.99. The van der Waals surface area contributed by atoms with E-state index in [9.17, 15) is 14.0 Å². The number of amides is 2. The molecule has 2 amide bonds. The molecule has 0 bridgehead atoms. The number of anilines is 2. The minimum Gasteiger partial charge on any atom is -0.314 e. The van der Waals surface area contributed by atoms with Gasteiger partial charge in [0, 0.05) is 34.8 Å². The number of carbonyl (C=O) groups is 2. The Morgan fingerprint density at radius 3 is 2.70 bits per heavy atom. The zero-order valence-electron chi connectivity index (χ0n) is 18.6. The average molecular weight is 461 g/mol. The van der Waals surface area contributed by atoms with Gasteiger partial charge in [-0.1, -0.05) is 6.07 Å². The number of fused-ring (bicyclic) bond motifs is 2. The summed E-state index contributed by atoms with van der Waals surface area (Å²) in [6.45, 7) is 5.62. The molecular weight excluding hydrogens is 439 g/mol. The molecule has 2 aromatic heterocycles. The lowest BCUT2D eigenvalue weighted by molar-refractivity contribution is -0.121. The number of aromatic nitrogens is 2. The van der Waals surface area contributed by atoms with Gasteiger partial charge in [-0.05, 0) is 62.7 Å². The van der Waals surface area contributed by atoms with E-state index in [-0.39, 0.29) is 11.8 Å². The van der Waals surface area contributed by atoms with Crippen molar-refractivity contribution in [1.82, 2.24) is 9.97 Å². The van der Waals surface area contributed by atoms with E-state index in [4.69, 9.17) is 0 Å². The molecule has 166 valence electrons. The van der Waals surface area contributed by atoms with E-state index in [1.165, 1.54) is 23.5 Å². The molecule has 5 rings (SSSR count). The van der Waals surface area contributed by atoms with Gasteiger partial charge < -0.3 is 4.90 Å². The van der Waals surface area contributed by atoms with Crippen molar-refractivity contribution in [1.29, 1.82) is 0 Å². The third-order valence-electron chi connectivity index (χ3n) is 6.03. The number of rotatable bonds is 3. The summed E-state index contributed by atoms with van der Waals surface area (Å²) in [5.41, 5.74) is 4.38. The zero-order valence-corrected chi connectivity index (χ0v) is 19.4. The highest BCUT2D eigenvalue weighted by Crippen LogP contribution is 2.42. The molecule has 0 spiro atoms. The van der Waals surface area contributed by atoms with Crippen molar-refractivity contribution in [2.24, 2.45) is 0 Å². The van der Waals surface area contributed by atoms with Gasteiger partial charge in [-0.3, -0.25) is 19.9 Å². The van der Waals surface area contributed by atoms with Gasteiger partial charge in [-0.25, -0.2) is 9.37 Å². The first-order chi connectivity index (χ1) is 15.6. The van der Waals surface area contributed by atoms with Crippen LogP contribution in [-0.4, -0.2) is 28.8 Å². The molecule has 4 aromatic rings. The number of thiazole rings is 1. The molecule has 0 radical (unpaired) electrons. The average Bonchev–Trinajstić information content (AvgIpc) is 3.31. The summed E-state index contributed by atoms with van der Waals surface area (Å²) in [6, 6.07) is 11.7. The van der Waals surface area contributed by atoms with Crippen LogP contribution >= 0.6 is 11.3 Å². The van der Waals surface area contributed by atoms with Crippen LogP contribution in [0.15, 0.2) is 47.8 Å². The second-order valence-corrected chi connectivity index (χ2v) is 9.54. The Morgan fingerprint density at radius 2 is 1.91 bits per heavy atom. The third kappa shape index (κ3) is 3.47. The maximum Gasteiger partial charge on any atom is 0.258 e. The Morgan fingerprint density at radius 1 is 1.12 bits per heavy atom. The van der Waals surface area contributed by atoms with E-state index < -0.39 is 11.2 Å². The lowest BCUT2D eigenvalue weighted by Crippen LogP contribution is -2.33. The standard InChI is InChI=1S/C25H21FN4O2S/c1-13-9-17(16-11-15(26)6-7-19(16)27-13)22(31)29-24-28-20(12-33-24)14-5-8-21-18(10-14)25(2,3)23(32)30(21)4/h5-12H,1-4H3,(H,28,29,31). The summed E-state index contributed by atoms with van der Waals surface area (Å²) in [5, 5.41) is 5.57. The number of hydrogen-bond donors (Lipinski definition) is 1. The molecule has 0 fully saturated rings. The van der Waals surface area contributed by atoms with Crippen LogP contribution < -0.4 is 10.2 Å². The van der Waals surface area contributed by atoms with Gasteiger partial charge in [-0.2, -0.15) is 0 Å². The SMILES string of the molecule is Cc1cc(C(=O)Nc2nc(-c3ccc4c(c3)C(C)(C)C(=O)N4C)cs2)c2cc(F)ccc2n1. The number of benzene rings is 2. The normalized spacial score (nSPS) is 14.6. The monoisotopic (exact) mass is 460 g/mol.